The van der Waals surface area contributed by atoms with E-state index in [1.54, 1.807) is 19.2 Å². The van der Waals surface area contributed by atoms with Crippen LogP contribution in [0, 0.1) is 11.8 Å². The molecule has 1 unspecified atom stereocenters. The van der Waals surface area contributed by atoms with Gasteiger partial charge in [0.05, 0.1) is 17.9 Å². The Kier molecular flexibility index (Phi) is 6.85. The summed E-state index contributed by atoms with van der Waals surface area (Å²) in [7, 11) is 1.55. The van der Waals surface area contributed by atoms with Crippen molar-refractivity contribution in [2.24, 2.45) is 11.8 Å². The van der Waals surface area contributed by atoms with Gasteiger partial charge in [-0.25, -0.2) is 0 Å². The van der Waals surface area contributed by atoms with E-state index in [0.29, 0.717) is 18.2 Å². The zero-order valence-electron chi connectivity index (χ0n) is 18.1. The molecule has 1 heterocycles. The zero-order valence-corrected chi connectivity index (χ0v) is 18.1. The van der Waals surface area contributed by atoms with Crippen LogP contribution in [0.1, 0.15) is 19.8 Å². The summed E-state index contributed by atoms with van der Waals surface area (Å²) in [5.41, 5.74) is 1.47. The summed E-state index contributed by atoms with van der Waals surface area (Å²) in [5, 5.41) is 3.92. The average molecular weight is 476 g/mol. The van der Waals surface area contributed by atoms with Gasteiger partial charge < -0.3 is 20.4 Å². The number of para-hydroxylation sites is 2. The summed E-state index contributed by atoms with van der Waals surface area (Å²) in [6, 6.07) is 6.20. The molecule has 3 rings (SSSR count). The minimum Gasteiger partial charge on any atom is -0.367 e. The number of likely N-dealkylation sites (N-methyl/N-ethyl adjacent to an activating group) is 1. The van der Waals surface area contributed by atoms with Crippen LogP contribution >= 0.6 is 0 Å². The van der Waals surface area contributed by atoms with E-state index >= 15 is 0 Å². The molecule has 0 radical (unpaired) electrons. The van der Waals surface area contributed by atoms with Gasteiger partial charge in [0.25, 0.3) is 5.91 Å². The molecule has 0 bridgehead atoms. The predicted molar refractivity (Wildman–Crippen MR) is 110 cm³/mol. The number of nitrogens with zero attached hydrogens (tertiary/aromatic N) is 2. The largest absolute Gasteiger partial charge is 0.455 e. The first-order valence-electron chi connectivity index (χ1n) is 10.5. The van der Waals surface area contributed by atoms with Gasteiger partial charge in [-0.2, -0.15) is 22.0 Å². The number of halogens is 5. The predicted octanol–water partition coefficient (Wildman–Crippen LogP) is 2.31. The van der Waals surface area contributed by atoms with Gasteiger partial charge in [0.2, 0.25) is 11.8 Å². The molecule has 33 heavy (non-hydrogen) atoms. The Morgan fingerprint density at radius 2 is 1.70 bits per heavy atom. The first-order valence-corrected chi connectivity index (χ1v) is 10.5. The fraction of sp³-hybridized carbons (Fsp3) is 0.571. The van der Waals surface area contributed by atoms with Crippen molar-refractivity contribution in [3.63, 3.8) is 0 Å². The number of carbonyl (C=O) groups excluding carboxylic acids is 3. The van der Waals surface area contributed by atoms with Crippen LogP contribution in [0.3, 0.4) is 0 Å². The number of nitrogens with one attached hydrogen (secondary N) is 2. The molecule has 1 aromatic carbocycles. The van der Waals surface area contributed by atoms with E-state index in [1.807, 2.05) is 17.0 Å². The number of alkyl halides is 5. The van der Waals surface area contributed by atoms with Crippen molar-refractivity contribution in [3.8, 4) is 0 Å². The molecule has 0 saturated heterocycles. The van der Waals surface area contributed by atoms with E-state index in [-0.39, 0.29) is 6.54 Å². The molecule has 1 aromatic rings. The van der Waals surface area contributed by atoms with Crippen LogP contribution in [0.5, 0.6) is 0 Å². The highest BCUT2D eigenvalue weighted by atomic mass is 19.4. The van der Waals surface area contributed by atoms with Gasteiger partial charge in [0, 0.05) is 20.1 Å². The van der Waals surface area contributed by atoms with E-state index in [1.165, 1.54) is 10.2 Å². The summed E-state index contributed by atoms with van der Waals surface area (Å²) in [5.74, 6) is -8.95. The average Bonchev–Trinajstić information content (AvgIpc) is 3.58. The number of carbonyl (C=O) groups is 3. The smallest absolute Gasteiger partial charge is 0.367 e. The SMILES string of the molecule is CC(C(=O)NCC(F)(F)C(F)(F)F)C(=O)N[C@H]1CN(CC2CC2)c2ccccc2N(C)C1=O. The van der Waals surface area contributed by atoms with Crippen molar-refractivity contribution >= 4 is 29.1 Å². The molecule has 2 N–H and O–H groups in total. The lowest BCUT2D eigenvalue weighted by Gasteiger charge is -2.27. The van der Waals surface area contributed by atoms with Gasteiger partial charge >= 0.3 is 12.1 Å². The molecule has 1 saturated carbocycles. The van der Waals surface area contributed by atoms with Crippen LogP contribution in [-0.4, -0.2) is 62.5 Å². The van der Waals surface area contributed by atoms with E-state index in [4.69, 9.17) is 0 Å². The van der Waals surface area contributed by atoms with Crippen molar-refractivity contribution < 1.29 is 36.3 Å². The zero-order chi connectivity index (χ0) is 24.6. The lowest BCUT2D eigenvalue weighted by atomic mass is 10.1. The Balaban J connectivity index is 1.69. The lowest BCUT2D eigenvalue weighted by Crippen LogP contribution is -2.55. The lowest BCUT2D eigenvalue weighted by molar-refractivity contribution is -0.278. The summed E-state index contributed by atoms with van der Waals surface area (Å²) in [4.78, 5) is 41.0. The topological polar surface area (TPSA) is 81.8 Å². The number of anilines is 2. The van der Waals surface area contributed by atoms with Crippen molar-refractivity contribution in [1.82, 2.24) is 10.6 Å². The number of hydrogen-bond donors (Lipinski definition) is 2. The highest BCUT2D eigenvalue weighted by Gasteiger charge is 2.57. The second-order valence-corrected chi connectivity index (χ2v) is 8.44. The summed E-state index contributed by atoms with van der Waals surface area (Å²) in [6.45, 7) is -0.115. The van der Waals surface area contributed by atoms with Crippen LogP contribution < -0.4 is 20.4 Å². The van der Waals surface area contributed by atoms with E-state index in [0.717, 1.165) is 25.5 Å². The molecule has 1 aliphatic heterocycles. The first-order chi connectivity index (χ1) is 15.3. The maximum absolute atomic E-state index is 13.1. The summed E-state index contributed by atoms with van der Waals surface area (Å²) >= 11 is 0. The minimum absolute atomic E-state index is 0.128. The Hall–Kier alpha value is -2.92. The molecule has 0 spiro atoms. The fourth-order valence-corrected chi connectivity index (χ4v) is 3.52. The molecule has 2 atom stereocenters. The molecule has 0 aromatic heterocycles. The van der Waals surface area contributed by atoms with Gasteiger partial charge in [0.1, 0.15) is 12.0 Å². The monoisotopic (exact) mass is 476 g/mol. The second-order valence-electron chi connectivity index (χ2n) is 8.44. The molecule has 3 amide bonds. The van der Waals surface area contributed by atoms with Crippen molar-refractivity contribution in [2.75, 3.05) is 36.5 Å². The summed E-state index contributed by atoms with van der Waals surface area (Å²) in [6.07, 6.45) is -3.72. The van der Waals surface area contributed by atoms with Gasteiger partial charge in [-0.3, -0.25) is 14.4 Å². The standard InChI is InChI=1S/C21H25F5N4O3/c1-12(17(31)27-11-20(22,23)21(24,25)26)18(32)28-14-10-30(9-13-7-8-13)16-6-4-3-5-15(16)29(2)19(14)33/h3-6,12-14H,7-11H2,1-2H3,(H,27,31)(H,28,32)/t12?,14-/m0/s1. The number of benzene rings is 1. The molecule has 12 heteroatoms. The molecule has 7 nitrogen and oxygen atoms in total. The fourth-order valence-electron chi connectivity index (χ4n) is 3.52. The third kappa shape index (κ3) is 5.53. The molecule has 2 aliphatic rings. The van der Waals surface area contributed by atoms with Crippen LogP contribution in [0.4, 0.5) is 33.3 Å². The molecule has 182 valence electrons. The van der Waals surface area contributed by atoms with Gasteiger partial charge in [-0.1, -0.05) is 12.1 Å². The normalized spacial score (nSPS) is 20.1. The van der Waals surface area contributed by atoms with Crippen LogP contribution in [-0.2, 0) is 14.4 Å². The number of fused-ring (bicyclic) bond motifs is 1. The van der Waals surface area contributed by atoms with E-state index in [2.05, 4.69) is 5.32 Å². The van der Waals surface area contributed by atoms with Gasteiger partial charge in [-0.05, 0) is 37.8 Å². The molecular formula is C21H25F5N4O3. The van der Waals surface area contributed by atoms with Crippen molar-refractivity contribution in [1.29, 1.82) is 0 Å². The Bertz CT molecular complexity index is 919. The van der Waals surface area contributed by atoms with Crippen molar-refractivity contribution in [3.05, 3.63) is 24.3 Å². The Labute approximate surface area is 187 Å². The van der Waals surface area contributed by atoms with Gasteiger partial charge in [0.15, 0.2) is 0 Å². The Morgan fingerprint density at radius 3 is 2.27 bits per heavy atom. The minimum atomic E-state index is -5.83. The summed E-state index contributed by atoms with van der Waals surface area (Å²) < 4.78 is 63.0. The first kappa shape index (κ1) is 24.7. The number of rotatable bonds is 7. The van der Waals surface area contributed by atoms with Crippen LogP contribution in [0.2, 0.25) is 0 Å². The highest BCUT2D eigenvalue weighted by Crippen LogP contribution is 2.37. The third-order valence-electron chi connectivity index (χ3n) is 5.79. The van der Waals surface area contributed by atoms with E-state index in [9.17, 15) is 36.3 Å². The Morgan fingerprint density at radius 1 is 1.09 bits per heavy atom. The van der Waals surface area contributed by atoms with Crippen LogP contribution in [0.15, 0.2) is 24.3 Å². The van der Waals surface area contributed by atoms with E-state index < -0.39 is 48.3 Å². The molecule has 1 fully saturated rings. The maximum Gasteiger partial charge on any atom is 0.455 e. The number of hydrogen-bond acceptors (Lipinski definition) is 4. The van der Waals surface area contributed by atoms with Crippen molar-refractivity contribution in [2.45, 2.75) is 37.9 Å². The molecular weight excluding hydrogens is 451 g/mol. The quantitative estimate of drug-likeness (QED) is 0.468. The molecule has 1 aliphatic carbocycles. The number of amides is 3. The highest BCUT2D eigenvalue weighted by molar-refractivity contribution is 6.05. The van der Waals surface area contributed by atoms with Gasteiger partial charge in [-0.15, -0.1) is 0 Å². The van der Waals surface area contributed by atoms with Crippen LogP contribution in [0.25, 0.3) is 0 Å². The third-order valence-corrected chi connectivity index (χ3v) is 5.79. The maximum atomic E-state index is 13.1. The second kappa shape index (κ2) is 9.14.